The Bertz CT molecular complexity index is 643. The number of aromatic nitrogens is 1. The van der Waals surface area contributed by atoms with Crippen LogP contribution in [0.1, 0.15) is 29.8 Å². The van der Waals surface area contributed by atoms with E-state index in [1.165, 1.54) is 0 Å². The Hall–Kier alpha value is -1.88. The average molecular weight is 348 g/mol. The van der Waals surface area contributed by atoms with E-state index in [2.05, 4.69) is 38.5 Å². The molecule has 0 bridgehead atoms. The molecule has 2 N–H and O–H groups in total. The van der Waals surface area contributed by atoms with Crippen LogP contribution in [0.2, 0.25) is 0 Å². The van der Waals surface area contributed by atoms with Gasteiger partial charge in [0.15, 0.2) is 0 Å². The van der Waals surface area contributed by atoms with Crippen LogP contribution in [0.3, 0.4) is 0 Å². The Morgan fingerprint density at radius 1 is 1.29 bits per heavy atom. The predicted molar refractivity (Wildman–Crippen MR) is 89.9 cm³/mol. The highest BCUT2D eigenvalue weighted by Gasteiger charge is 2.13. The summed E-state index contributed by atoms with van der Waals surface area (Å²) in [6.07, 6.45) is 2.52. The van der Waals surface area contributed by atoms with E-state index in [9.17, 15) is 4.79 Å². The van der Waals surface area contributed by atoms with Crippen molar-refractivity contribution in [2.75, 3.05) is 17.2 Å². The normalized spacial score (nSPS) is 10.2. The number of rotatable bonds is 5. The molecule has 0 aliphatic heterocycles. The lowest BCUT2D eigenvalue weighted by molar-refractivity contribution is 0.102. The molecule has 0 atom stereocenters. The minimum atomic E-state index is -0.156. The zero-order valence-corrected chi connectivity index (χ0v) is 13.7. The number of carbonyl (C=O) groups excluding carboxylic acids is 1. The fraction of sp³-hybridized carbons (Fsp3) is 0.250. The highest BCUT2D eigenvalue weighted by Crippen LogP contribution is 2.23. The summed E-state index contributed by atoms with van der Waals surface area (Å²) in [6.45, 7) is 4.75. The Morgan fingerprint density at radius 3 is 2.81 bits per heavy atom. The summed E-state index contributed by atoms with van der Waals surface area (Å²) in [7, 11) is 0. The third-order valence-corrected chi connectivity index (χ3v) is 3.59. The second-order valence-corrected chi connectivity index (χ2v) is 5.45. The van der Waals surface area contributed by atoms with E-state index in [0.29, 0.717) is 11.4 Å². The van der Waals surface area contributed by atoms with Crippen molar-refractivity contribution < 1.29 is 4.79 Å². The highest BCUT2D eigenvalue weighted by atomic mass is 79.9. The number of hydrogen-bond donors (Lipinski definition) is 2. The number of benzene rings is 1. The molecule has 0 saturated heterocycles. The zero-order chi connectivity index (χ0) is 15.2. The number of hydrogen-bond acceptors (Lipinski definition) is 3. The van der Waals surface area contributed by atoms with E-state index in [-0.39, 0.29) is 5.91 Å². The van der Waals surface area contributed by atoms with Gasteiger partial charge in [-0.2, -0.15) is 0 Å². The smallest absolute Gasteiger partial charge is 0.259 e. The van der Waals surface area contributed by atoms with Crippen molar-refractivity contribution >= 4 is 33.3 Å². The molecule has 0 aliphatic rings. The van der Waals surface area contributed by atoms with Crippen LogP contribution >= 0.6 is 15.9 Å². The summed E-state index contributed by atoms with van der Waals surface area (Å²) < 4.78 is 1.01. The summed E-state index contributed by atoms with van der Waals surface area (Å²) in [6, 6.07) is 9.38. The van der Waals surface area contributed by atoms with Gasteiger partial charge >= 0.3 is 0 Å². The van der Waals surface area contributed by atoms with E-state index in [4.69, 9.17) is 0 Å². The topological polar surface area (TPSA) is 54.0 Å². The molecule has 5 heteroatoms. The molecule has 0 saturated carbocycles. The van der Waals surface area contributed by atoms with Crippen LogP contribution in [0.25, 0.3) is 0 Å². The lowest BCUT2D eigenvalue weighted by atomic mass is 10.1. The van der Waals surface area contributed by atoms with Crippen LogP contribution in [0.5, 0.6) is 0 Å². The number of aryl methyl sites for hydroxylation is 1. The molecule has 21 heavy (non-hydrogen) atoms. The Kier molecular flexibility index (Phi) is 5.33. The van der Waals surface area contributed by atoms with E-state index in [1.54, 1.807) is 18.3 Å². The van der Waals surface area contributed by atoms with Crippen molar-refractivity contribution in [1.29, 1.82) is 0 Å². The van der Waals surface area contributed by atoms with Crippen LogP contribution in [-0.2, 0) is 6.42 Å². The third-order valence-electron chi connectivity index (χ3n) is 3.09. The maximum atomic E-state index is 12.5. The molecule has 2 aromatic rings. The summed E-state index contributed by atoms with van der Waals surface area (Å²) in [5.41, 5.74) is 2.47. The van der Waals surface area contributed by atoms with E-state index >= 15 is 0 Å². The molecule has 1 aromatic heterocycles. The molecule has 4 nitrogen and oxygen atoms in total. The molecule has 110 valence electrons. The molecule has 1 aromatic carbocycles. The van der Waals surface area contributed by atoms with Crippen molar-refractivity contribution in [2.24, 2.45) is 0 Å². The number of nitrogens with one attached hydrogen (secondary N) is 2. The van der Waals surface area contributed by atoms with Gasteiger partial charge in [-0.05, 0) is 49.2 Å². The monoisotopic (exact) mass is 347 g/mol. The van der Waals surface area contributed by atoms with Crippen molar-refractivity contribution in [3.05, 3.63) is 52.1 Å². The van der Waals surface area contributed by atoms with Gasteiger partial charge in [-0.1, -0.05) is 22.9 Å². The van der Waals surface area contributed by atoms with E-state index in [0.717, 1.165) is 28.7 Å². The Morgan fingerprint density at radius 2 is 2.10 bits per heavy atom. The predicted octanol–water partition coefficient (Wildman–Crippen LogP) is 4.09. The first-order chi connectivity index (χ1) is 10.2. The number of carbonyl (C=O) groups is 1. The fourth-order valence-electron chi connectivity index (χ4n) is 2.06. The van der Waals surface area contributed by atoms with Gasteiger partial charge in [0.25, 0.3) is 5.91 Å². The molecule has 1 amide bonds. The van der Waals surface area contributed by atoms with E-state index < -0.39 is 0 Å². The van der Waals surface area contributed by atoms with Gasteiger partial charge < -0.3 is 10.6 Å². The Labute approximate surface area is 133 Å². The molecule has 0 spiro atoms. The average Bonchev–Trinajstić information content (AvgIpc) is 2.49. The van der Waals surface area contributed by atoms with Gasteiger partial charge in [0.1, 0.15) is 5.82 Å². The van der Waals surface area contributed by atoms with Gasteiger partial charge in [0.2, 0.25) is 0 Å². The molecule has 0 aliphatic carbocycles. The highest BCUT2D eigenvalue weighted by molar-refractivity contribution is 9.10. The molecule has 1 heterocycles. The summed E-state index contributed by atoms with van der Waals surface area (Å²) in [4.78, 5) is 16.7. The van der Waals surface area contributed by atoms with Gasteiger partial charge in [-0.15, -0.1) is 0 Å². The minimum Gasteiger partial charge on any atom is -0.370 e. The number of amides is 1. The molecular formula is C16H18BrN3O. The maximum Gasteiger partial charge on any atom is 0.259 e. The van der Waals surface area contributed by atoms with E-state index in [1.807, 2.05) is 25.1 Å². The number of pyridine rings is 1. The lowest BCUT2D eigenvalue weighted by Gasteiger charge is -2.12. The molecular weight excluding hydrogens is 330 g/mol. The van der Waals surface area contributed by atoms with Crippen molar-refractivity contribution in [1.82, 2.24) is 4.98 Å². The van der Waals surface area contributed by atoms with Crippen molar-refractivity contribution in [3.8, 4) is 0 Å². The second-order valence-electron chi connectivity index (χ2n) is 4.54. The number of nitrogens with zero attached hydrogens (tertiary/aromatic N) is 1. The van der Waals surface area contributed by atoms with Gasteiger partial charge in [-0.25, -0.2) is 4.98 Å². The van der Waals surface area contributed by atoms with Crippen LogP contribution < -0.4 is 10.6 Å². The SMILES string of the molecule is CCNc1ncccc1C(=O)Nc1ccc(Br)cc1CC. The fourth-order valence-corrected chi connectivity index (χ4v) is 2.47. The van der Waals surface area contributed by atoms with Crippen molar-refractivity contribution in [3.63, 3.8) is 0 Å². The standard InChI is InChI=1S/C16H18BrN3O/c1-3-11-10-12(17)7-8-14(11)20-16(21)13-6-5-9-19-15(13)18-4-2/h5-10H,3-4H2,1-2H3,(H,18,19)(H,20,21). The number of halogens is 1. The third kappa shape index (κ3) is 3.82. The maximum absolute atomic E-state index is 12.5. The first kappa shape index (κ1) is 15.5. The lowest BCUT2D eigenvalue weighted by Crippen LogP contribution is -2.16. The first-order valence-electron chi connectivity index (χ1n) is 6.94. The van der Waals surface area contributed by atoms with Crippen LogP contribution in [0.15, 0.2) is 41.0 Å². The Balaban J connectivity index is 2.26. The summed E-state index contributed by atoms with van der Waals surface area (Å²) in [5, 5.41) is 6.07. The summed E-state index contributed by atoms with van der Waals surface area (Å²) >= 11 is 3.45. The minimum absolute atomic E-state index is 0.156. The van der Waals surface area contributed by atoms with Crippen LogP contribution in [0.4, 0.5) is 11.5 Å². The quantitative estimate of drug-likeness (QED) is 0.856. The first-order valence-corrected chi connectivity index (χ1v) is 7.73. The molecule has 2 rings (SSSR count). The van der Waals surface area contributed by atoms with Gasteiger partial charge in [0, 0.05) is 22.9 Å². The van der Waals surface area contributed by atoms with Gasteiger partial charge in [0.05, 0.1) is 5.56 Å². The van der Waals surface area contributed by atoms with Crippen molar-refractivity contribution in [2.45, 2.75) is 20.3 Å². The molecule has 0 unspecified atom stereocenters. The second kappa shape index (κ2) is 7.22. The molecule has 0 radical (unpaired) electrons. The van der Waals surface area contributed by atoms with Crippen LogP contribution in [0, 0.1) is 0 Å². The summed E-state index contributed by atoms with van der Waals surface area (Å²) in [5.74, 6) is 0.448. The zero-order valence-electron chi connectivity index (χ0n) is 12.1. The van der Waals surface area contributed by atoms with Crippen LogP contribution in [-0.4, -0.2) is 17.4 Å². The number of anilines is 2. The largest absolute Gasteiger partial charge is 0.370 e. The molecule has 0 fully saturated rings. The van der Waals surface area contributed by atoms with Gasteiger partial charge in [-0.3, -0.25) is 4.79 Å².